The molecule has 0 aliphatic rings. The van der Waals surface area contributed by atoms with Crippen LogP contribution in [0, 0.1) is 0 Å². The van der Waals surface area contributed by atoms with Gasteiger partial charge in [0, 0.05) is 35.6 Å². The van der Waals surface area contributed by atoms with Crippen molar-refractivity contribution >= 4 is 22.7 Å². The Morgan fingerprint density at radius 2 is 2.00 bits per heavy atom. The van der Waals surface area contributed by atoms with Gasteiger partial charge in [-0.25, -0.2) is 4.79 Å². The van der Waals surface area contributed by atoms with Crippen molar-refractivity contribution in [3.05, 3.63) is 35.5 Å². The number of carboxylic acid groups (broad SMARTS) is 1. The van der Waals surface area contributed by atoms with E-state index in [9.17, 15) is 9.59 Å². The van der Waals surface area contributed by atoms with Gasteiger partial charge in [0.25, 0.3) is 0 Å². The second kappa shape index (κ2) is 5.90. The van der Waals surface area contributed by atoms with E-state index < -0.39 is 5.97 Å². The fourth-order valence-electron chi connectivity index (χ4n) is 2.35. The van der Waals surface area contributed by atoms with Crippen molar-refractivity contribution in [2.45, 2.75) is 39.7 Å². The number of hydrogen-bond donors (Lipinski definition) is 1. The van der Waals surface area contributed by atoms with Crippen molar-refractivity contribution in [1.29, 1.82) is 0 Å². The van der Waals surface area contributed by atoms with Crippen LogP contribution in [0.2, 0.25) is 0 Å². The van der Waals surface area contributed by atoms with E-state index in [0.29, 0.717) is 12.0 Å². The van der Waals surface area contributed by atoms with Crippen molar-refractivity contribution < 1.29 is 14.7 Å². The lowest BCUT2D eigenvalue weighted by Crippen LogP contribution is -1.99. The minimum absolute atomic E-state index is 0.0910. The fraction of sp³-hybridized carbons (Fsp3) is 0.375. The maximum Gasteiger partial charge on any atom is 0.335 e. The van der Waals surface area contributed by atoms with Crippen LogP contribution in [0.25, 0.3) is 10.9 Å². The number of aryl methyl sites for hydroxylation is 1. The van der Waals surface area contributed by atoms with Crippen LogP contribution in [-0.2, 0) is 6.54 Å². The first-order chi connectivity index (χ1) is 9.58. The maximum absolute atomic E-state index is 12.0. The van der Waals surface area contributed by atoms with Gasteiger partial charge in [0.05, 0.1) is 5.56 Å². The molecule has 4 heteroatoms. The molecular formula is C16H19NO3. The summed E-state index contributed by atoms with van der Waals surface area (Å²) >= 11 is 0. The molecule has 0 fully saturated rings. The maximum atomic E-state index is 12.0. The van der Waals surface area contributed by atoms with Crippen LogP contribution in [-0.4, -0.2) is 21.4 Å². The number of nitrogens with zero attached hydrogens (tertiary/aromatic N) is 1. The smallest absolute Gasteiger partial charge is 0.335 e. The molecule has 2 rings (SSSR count). The van der Waals surface area contributed by atoms with E-state index in [1.807, 2.05) is 17.7 Å². The largest absolute Gasteiger partial charge is 0.478 e. The van der Waals surface area contributed by atoms with E-state index in [2.05, 4.69) is 6.92 Å². The zero-order valence-corrected chi connectivity index (χ0v) is 11.8. The van der Waals surface area contributed by atoms with Gasteiger partial charge in [0.1, 0.15) is 0 Å². The van der Waals surface area contributed by atoms with E-state index in [1.54, 1.807) is 18.2 Å². The second-order valence-electron chi connectivity index (χ2n) is 4.90. The summed E-state index contributed by atoms with van der Waals surface area (Å²) in [5.41, 5.74) is 1.77. The van der Waals surface area contributed by atoms with Crippen molar-refractivity contribution in [3.8, 4) is 0 Å². The van der Waals surface area contributed by atoms with E-state index in [-0.39, 0.29) is 11.3 Å². The van der Waals surface area contributed by atoms with Gasteiger partial charge >= 0.3 is 5.97 Å². The molecule has 0 saturated heterocycles. The quantitative estimate of drug-likeness (QED) is 0.816. The number of carboxylic acids is 1. The Morgan fingerprint density at radius 3 is 2.60 bits per heavy atom. The molecule has 0 atom stereocenters. The van der Waals surface area contributed by atoms with E-state index in [4.69, 9.17) is 5.11 Å². The highest BCUT2D eigenvalue weighted by Crippen LogP contribution is 2.24. The Hall–Kier alpha value is -2.10. The summed E-state index contributed by atoms with van der Waals surface area (Å²) in [6.07, 6.45) is 4.36. The Kier molecular flexibility index (Phi) is 4.23. The average Bonchev–Trinajstić information content (AvgIpc) is 2.82. The third kappa shape index (κ3) is 2.59. The van der Waals surface area contributed by atoms with Crippen LogP contribution in [0.4, 0.5) is 0 Å². The number of carbonyl (C=O) groups excluding carboxylic acids is 1. The number of aromatic nitrogens is 1. The fourth-order valence-corrected chi connectivity index (χ4v) is 2.35. The van der Waals surface area contributed by atoms with E-state index in [1.165, 1.54) is 0 Å². The Labute approximate surface area is 118 Å². The zero-order valence-electron chi connectivity index (χ0n) is 11.8. The van der Waals surface area contributed by atoms with Gasteiger partial charge in [-0.1, -0.05) is 26.3 Å². The highest BCUT2D eigenvalue weighted by atomic mass is 16.4. The van der Waals surface area contributed by atoms with Gasteiger partial charge in [-0.3, -0.25) is 4.79 Å². The highest BCUT2D eigenvalue weighted by Gasteiger charge is 2.15. The first-order valence-electron chi connectivity index (χ1n) is 6.97. The molecule has 1 heterocycles. The SMILES string of the molecule is CCCCn1cc(C(=O)CC)c2ccc(C(=O)O)cc21. The summed E-state index contributed by atoms with van der Waals surface area (Å²) < 4.78 is 1.99. The van der Waals surface area contributed by atoms with Crippen molar-refractivity contribution in [1.82, 2.24) is 4.57 Å². The van der Waals surface area contributed by atoms with Crippen LogP contribution in [0.3, 0.4) is 0 Å². The summed E-state index contributed by atoms with van der Waals surface area (Å²) in [6, 6.07) is 4.95. The Morgan fingerprint density at radius 1 is 1.25 bits per heavy atom. The molecule has 0 amide bonds. The minimum atomic E-state index is -0.946. The molecular weight excluding hydrogens is 254 g/mol. The number of carbonyl (C=O) groups is 2. The molecule has 4 nitrogen and oxygen atoms in total. The standard InChI is InChI=1S/C16H19NO3/c1-3-5-8-17-10-13(15(18)4-2)12-7-6-11(16(19)20)9-14(12)17/h6-7,9-10H,3-5,8H2,1-2H3,(H,19,20). The average molecular weight is 273 g/mol. The number of aromatic carboxylic acids is 1. The van der Waals surface area contributed by atoms with E-state index in [0.717, 1.165) is 30.3 Å². The lowest BCUT2D eigenvalue weighted by atomic mass is 10.1. The number of fused-ring (bicyclic) bond motifs is 1. The number of benzene rings is 1. The topological polar surface area (TPSA) is 59.3 Å². The van der Waals surface area contributed by atoms with Crippen LogP contribution >= 0.6 is 0 Å². The summed E-state index contributed by atoms with van der Waals surface area (Å²) in [5.74, 6) is -0.855. The molecule has 106 valence electrons. The first kappa shape index (κ1) is 14.3. The predicted molar refractivity (Wildman–Crippen MR) is 78.4 cm³/mol. The summed E-state index contributed by atoms with van der Waals surface area (Å²) in [4.78, 5) is 23.1. The van der Waals surface area contributed by atoms with Gasteiger partial charge in [-0.2, -0.15) is 0 Å². The molecule has 0 bridgehead atoms. The molecule has 1 N–H and O–H groups in total. The van der Waals surface area contributed by atoms with Crippen molar-refractivity contribution in [2.75, 3.05) is 0 Å². The molecule has 0 aliphatic heterocycles. The monoisotopic (exact) mass is 273 g/mol. The van der Waals surface area contributed by atoms with Crippen molar-refractivity contribution in [3.63, 3.8) is 0 Å². The zero-order chi connectivity index (χ0) is 14.7. The molecule has 0 saturated carbocycles. The highest BCUT2D eigenvalue weighted by molar-refractivity contribution is 6.09. The number of Topliss-reactive ketones (excluding diaryl/α,β-unsaturated/α-hetero) is 1. The predicted octanol–water partition coefficient (Wildman–Crippen LogP) is 3.73. The molecule has 0 spiro atoms. The molecule has 0 radical (unpaired) electrons. The number of unbranched alkanes of at least 4 members (excludes halogenated alkanes) is 1. The van der Waals surface area contributed by atoms with Gasteiger partial charge in [-0.15, -0.1) is 0 Å². The molecule has 0 aliphatic carbocycles. The van der Waals surface area contributed by atoms with Gasteiger partial charge in [0.2, 0.25) is 0 Å². The van der Waals surface area contributed by atoms with Crippen LogP contribution in [0.5, 0.6) is 0 Å². The van der Waals surface area contributed by atoms with Crippen LogP contribution in [0.15, 0.2) is 24.4 Å². The van der Waals surface area contributed by atoms with Crippen LogP contribution < -0.4 is 0 Å². The number of ketones is 1. The molecule has 0 unspecified atom stereocenters. The minimum Gasteiger partial charge on any atom is -0.478 e. The summed E-state index contributed by atoms with van der Waals surface area (Å²) in [7, 11) is 0. The lowest BCUT2D eigenvalue weighted by molar-refractivity contribution is 0.0697. The van der Waals surface area contributed by atoms with Gasteiger partial charge in [-0.05, 0) is 18.6 Å². The van der Waals surface area contributed by atoms with E-state index >= 15 is 0 Å². The third-order valence-corrected chi connectivity index (χ3v) is 3.50. The third-order valence-electron chi connectivity index (χ3n) is 3.50. The number of hydrogen-bond acceptors (Lipinski definition) is 2. The van der Waals surface area contributed by atoms with Crippen molar-refractivity contribution in [2.24, 2.45) is 0 Å². The summed E-state index contributed by atoms with van der Waals surface area (Å²) in [6.45, 7) is 4.74. The second-order valence-corrected chi connectivity index (χ2v) is 4.90. The van der Waals surface area contributed by atoms with Gasteiger partial charge in [0.15, 0.2) is 5.78 Å². The van der Waals surface area contributed by atoms with Gasteiger partial charge < -0.3 is 9.67 Å². The normalized spacial score (nSPS) is 10.9. The number of rotatable bonds is 6. The lowest BCUT2D eigenvalue weighted by Gasteiger charge is -2.04. The molecule has 2 aromatic rings. The van der Waals surface area contributed by atoms with Crippen LogP contribution in [0.1, 0.15) is 53.8 Å². The summed E-state index contributed by atoms with van der Waals surface area (Å²) in [5, 5.41) is 9.94. The molecule has 20 heavy (non-hydrogen) atoms. The Bertz CT molecular complexity index is 655. The first-order valence-corrected chi connectivity index (χ1v) is 6.97. The Balaban J connectivity index is 2.60. The molecule has 1 aromatic carbocycles. The molecule has 1 aromatic heterocycles.